The minimum Gasteiger partial charge on any atom is -0.339 e. The number of carbonyl (C=O) groups is 3. The molecule has 0 aliphatic carbocycles. The molecule has 1 aromatic carbocycles. The molecule has 12 nitrogen and oxygen atoms in total. The number of H-pyrrole nitrogens is 1. The highest BCUT2D eigenvalue weighted by Gasteiger charge is 2.39. The van der Waals surface area contributed by atoms with E-state index in [1.807, 2.05) is 4.90 Å². The molecule has 4 heterocycles. The second-order valence-electron chi connectivity index (χ2n) is 11.0. The van der Waals surface area contributed by atoms with Gasteiger partial charge < -0.3 is 30.7 Å². The molecule has 2 aliphatic rings. The minimum atomic E-state index is -4.77. The number of nitrogens with zero attached hydrogens (tertiary/aromatic N) is 5. The Morgan fingerprint density at radius 2 is 1.80 bits per heavy atom. The predicted octanol–water partition coefficient (Wildman–Crippen LogP) is 2.52. The summed E-state index contributed by atoms with van der Waals surface area (Å²) in [6.45, 7) is 3.33. The fourth-order valence-electron chi connectivity index (χ4n) is 5.64. The molecular formula is C30H33ClF3N9O3. The van der Waals surface area contributed by atoms with E-state index in [2.05, 4.69) is 37.7 Å². The van der Waals surface area contributed by atoms with Gasteiger partial charge in [-0.05, 0) is 44.1 Å². The van der Waals surface area contributed by atoms with Gasteiger partial charge >= 0.3 is 6.18 Å². The standard InChI is InChI=1S/C30H33ClF3N9O3/c1-41-23(24-22(4-2-3-9-35)39-40-25(24)30(32,33)34)17-37-26(41)27(44)38-19-5-6-20(21(31)16-19)29(46)43-14-12-42(13-15-43)28(45)18-7-10-36-11-8-18/h5-6,16-18,36H,4,7-15,35H2,1H3,(H,38,44)(H,39,40). The Morgan fingerprint density at radius 3 is 2.46 bits per heavy atom. The number of nitrogens with one attached hydrogen (secondary N) is 3. The van der Waals surface area contributed by atoms with E-state index in [0.717, 1.165) is 32.1 Å². The zero-order valence-electron chi connectivity index (χ0n) is 25.0. The summed E-state index contributed by atoms with van der Waals surface area (Å²) < 4.78 is 42.6. The van der Waals surface area contributed by atoms with Crippen LogP contribution in [0.4, 0.5) is 18.9 Å². The monoisotopic (exact) mass is 659 g/mol. The summed E-state index contributed by atoms with van der Waals surface area (Å²) >= 11 is 6.46. The average molecular weight is 660 g/mol. The Kier molecular flexibility index (Phi) is 10.00. The number of piperidine rings is 1. The van der Waals surface area contributed by atoms with Crippen molar-refractivity contribution >= 4 is 35.0 Å². The molecule has 16 heteroatoms. The molecule has 0 atom stereocenters. The lowest BCUT2D eigenvalue weighted by Crippen LogP contribution is -2.52. The maximum atomic E-state index is 13.8. The van der Waals surface area contributed by atoms with Crippen LogP contribution in [0, 0.1) is 17.8 Å². The first-order chi connectivity index (χ1) is 22.0. The van der Waals surface area contributed by atoms with E-state index < -0.39 is 17.8 Å². The third kappa shape index (κ3) is 7.04. The predicted molar refractivity (Wildman–Crippen MR) is 164 cm³/mol. The van der Waals surface area contributed by atoms with Crippen molar-refractivity contribution < 1.29 is 27.6 Å². The molecule has 0 radical (unpaired) electrons. The summed E-state index contributed by atoms with van der Waals surface area (Å²) in [7, 11) is 1.41. The fraction of sp³-hybridized carbons (Fsp3) is 0.433. The zero-order valence-corrected chi connectivity index (χ0v) is 25.8. The van der Waals surface area contributed by atoms with Gasteiger partial charge in [-0.3, -0.25) is 19.5 Å². The molecular weight excluding hydrogens is 627 g/mol. The molecule has 2 aromatic heterocycles. The molecule has 2 fully saturated rings. The van der Waals surface area contributed by atoms with Crippen LogP contribution >= 0.6 is 11.6 Å². The van der Waals surface area contributed by atoms with Gasteiger partial charge in [0.25, 0.3) is 11.8 Å². The van der Waals surface area contributed by atoms with Crippen LogP contribution in [-0.4, -0.2) is 93.1 Å². The summed E-state index contributed by atoms with van der Waals surface area (Å²) in [5.74, 6) is 4.26. The van der Waals surface area contributed by atoms with E-state index in [9.17, 15) is 27.6 Å². The second-order valence-corrected chi connectivity index (χ2v) is 11.4. The van der Waals surface area contributed by atoms with Gasteiger partial charge in [0.05, 0.1) is 46.7 Å². The number of carbonyl (C=O) groups excluding carboxylic acids is 3. The molecule has 2 saturated heterocycles. The molecule has 0 spiro atoms. The van der Waals surface area contributed by atoms with Gasteiger partial charge in [0.1, 0.15) is 0 Å². The van der Waals surface area contributed by atoms with Crippen LogP contribution in [0.15, 0.2) is 24.4 Å². The number of rotatable bonds is 6. The number of hydrogen-bond acceptors (Lipinski definition) is 7. The second kappa shape index (κ2) is 13.9. The lowest BCUT2D eigenvalue weighted by molar-refractivity contribution is -0.140. The molecule has 2 aliphatic heterocycles. The number of hydrogen-bond donors (Lipinski definition) is 4. The van der Waals surface area contributed by atoms with Crippen LogP contribution in [-0.2, 0) is 24.4 Å². The van der Waals surface area contributed by atoms with Gasteiger partial charge in [-0.25, -0.2) is 4.98 Å². The van der Waals surface area contributed by atoms with Crippen LogP contribution in [0.1, 0.15) is 45.2 Å². The van der Waals surface area contributed by atoms with Crippen molar-refractivity contribution in [2.75, 3.05) is 51.1 Å². The van der Waals surface area contributed by atoms with E-state index in [1.54, 1.807) is 4.90 Å². The van der Waals surface area contributed by atoms with Crippen molar-refractivity contribution in [3.63, 3.8) is 0 Å². The van der Waals surface area contributed by atoms with E-state index in [4.69, 9.17) is 17.3 Å². The van der Waals surface area contributed by atoms with Crippen molar-refractivity contribution in [2.45, 2.75) is 25.4 Å². The van der Waals surface area contributed by atoms with Gasteiger partial charge in [0.15, 0.2) is 11.5 Å². The van der Waals surface area contributed by atoms with Crippen LogP contribution in [0.25, 0.3) is 11.3 Å². The smallest absolute Gasteiger partial charge is 0.339 e. The molecule has 244 valence electrons. The third-order valence-electron chi connectivity index (χ3n) is 8.07. The quantitative estimate of drug-likeness (QED) is 0.297. The number of anilines is 1. The van der Waals surface area contributed by atoms with Crippen molar-refractivity contribution in [1.82, 2.24) is 34.9 Å². The van der Waals surface area contributed by atoms with E-state index in [0.29, 0.717) is 26.2 Å². The number of nitrogens with two attached hydrogens (primary N) is 1. The average Bonchev–Trinajstić information content (AvgIpc) is 3.64. The van der Waals surface area contributed by atoms with Crippen LogP contribution in [0.2, 0.25) is 5.02 Å². The van der Waals surface area contributed by atoms with Crippen LogP contribution < -0.4 is 16.4 Å². The van der Waals surface area contributed by atoms with Gasteiger partial charge in [0.2, 0.25) is 5.91 Å². The SMILES string of the molecule is Cn1c(-c2c(C(F)(F)F)n[nH]c2CC#CCN)cnc1C(=O)Nc1ccc(C(=O)N2CCN(C(=O)C3CCNCC3)CC2)c(Cl)c1. The Balaban J connectivity index is 1.26. The van der Waals surface area contributed by atoms with E-state index in [-0.39, 0.29) is 69.7 Å². The lowest BCUT2D eigenvalue weighted by atomic mass is 9.96. The number of imidazole rings is 1. The van der Waals surface area contributed by atoms with E-state index in [1.165, 1.54) is 29.8 Å². The molecule has 0 bridgehead atoms. The molecule has 5 rings (SSSR count). The maximum absolute atomic E-state index is 13.8. The number of amides is 3. The summed E-state index contributed by atoms with van der Waals surface area (Å²) in [4.78, 5) is 46.8. The summed E-state index contributed by atoms with van der Waals surface area (Å²) in [6, 6.07) is 4.41. The van der Waals surface area contributed by atoms with Gasteiger partial charge in [-0.1, -0.05) is 23.4 Å². The fourth-order valence-corrected chi connectivity index (χ4v) is 5.90. The number of aromatic amines is 1. The van der Waals surface area contributed by atoms with Crippen molar-refractivity contribution in [2.24, 2.45) is 18.7 Å². The first-order valence-corrected chi connectivity index (χ1v) is 15.1. The Bertz CT molecular complexity index is 1680. The Labute approximate surface area is 267 Å². The highest BCUT2D eigenvalue weighted by molar-refractivity contribution is 6.34. The summed E-state index contributed by atoms with van der Waals surface area (Å²) in [5.41, 5.74) is 4.54. The normalized spacial score (nSPS) is 15.8. The van der Waals surface area contributed by atoms with Gasteiger partial charge in [-0.15, -0.1) is 0 Å². The van der Waals surface area contributed by atoms with Gasteiger partial charge in [-0.2, -0.15) is 18.3 Å². The topological polar surface area (TPSA) is 154 Å². The zero-order chi connectivity index (χ0) is 33.0. The third-order valence-corrected chi connectivity index (χ3v) is 8.39. The van der Waals surface area contributed by atoms with Crippen molar-refractivity contribution in [3.8, 4) is 23.1 Å². The minimum absolute atomic E-state index is 0.00676. The first-order valence-electron chi connectivity index (χ1n) is 14.7. The van der Waals surface area contributed by atoms with Crippen molar-refractivity contribution in [3.05, 3.63) is 52.2 Å². The lowest BCUT2D eigenvalue weighted by Gasteiger charge is -2.37. The largest absolute Gasteiger partial charge is 0.435 e. The molecule has 0 saturated carbocycles. The molecule has 3 aromatic rings. The van der Waals surface area contributed by atoms with E-state index >= 15 is 0 Å². The summed E-state index contributed by atoms with van der Waals surface area (Å²) in [5, 5.41) is 11.8. The molecule has 5 N–H and O–H groups in total. The number of halogens is 4. The van der Waals surface area contributed by atoms with Gasteiger partial charge in [0, 0.05) is 44.8 Å². The van der Waals surface area contributed by atoms with Crippen LogP contribution in [0.3, 0.4) is 0 Å². The summed E-state index contributed by atoms with van der Waals surface area (Å²) in [6.07, 6.45) is -2.06. The number of benzene rings is 1. The highest BCUT2D eigenvalue weighted by atomic mass is 35.5. The Hall–Kier alpha value is -4.39. The highest BCUT2D eigenvalue weighted by Crippen LogP contribution is 2.38. The molecule has 46 heavy (non-hydrogen) atoms. The van der Waals surface area contributed by atoms with Crippen molar-refractivity contribution in [1.29, 1.82) is 0 Å². The van der Waals surface area contributed by atoms with Crippen LogP contribution in [0.5, 0.6) is 0 Å². The number of alkyl halides is 3. The Morgan fingerprint density at radius 1 is 1.11 bits per heavy atom. The number of piperazine rings is 1. The number of aromatic nitrogens is 4. The maximum Gasteiger partial charge on any atom is 0.435 e. The molecule has 3 amide bonds. The first kappa shape index (κ1) is 33.0. The molecule has 0 unspecified atom stereocenters.